The van der Waals surface area contributed by atoms with Crippen molar-refractivity contribution < 1.29 is 29.3 Å². The topological polar surface area (TPSA) is 187 Å². The van der Waals surface area contributed by atoms with Crippen molar-refractivity contribution in [2.45, 2.75) is 109 Å². The smallest absolute Gasteiger partial charge is 0.319 e. The molecule has 3 aliphatic rings. The second kappa shape index (κ2) is 21.6. The molecule has 0 unspecified atom stereocenters. The molecular formula is C54H63N7O7S. The second-order valence-corrected chi connectivity index (χ2v) is 19.9. The molecule has 4 atom stereocenters. The summed E-state index contributed by atoms with van der Waals surface area (Å²) in [5.74, 6) is 0.562. The van der Waals surface area contributed by atoms with Crippen LogP contribution in [0.1, 0.15) is 84.1 Å². The first-order chi connectivity index (χ1) is 33.1. The molecule has 2 amide bonds. The number of rotatable bonds is 19. The van der Waals surface area contributed by atoms with Crippen molar-refractivity contribution in [1.29, 1.82) is 0 Å². The number of phenolic OH excluding ortho intramolecular Hbond substituents is 1. The van der Waals surface area contributed by atoms with E-state index < -0.39 is 24.5 Å². The Morgan fingerprint density at radius 2 is 1.68 bits per heavy atom. The van der Waals surface area contributed by atoms with Gasteiger partial charge in [-0.15, -0.1) is 0 Å². The number of fused-ring (bicyclic) bond motifs is 3. The molecule has 1 aliphatic carbocycles. The molecule has 5 aromatic rings. The van der Waals surface area contributed by atoms with Gasteiger partial charge in [-0.05, 0) is 109 Å². The molecule has 0 bridgehead atoms. The number of pyridine rings is 1. The third-order valence-corrected chi connectivity index (χ3v) is 13.3. The molecule has 69 heavy (non-hydrogen) atoms. The van der Waals surface area contributed by atoms with E-state index in [9.17, 15) is 24.9 Å². The average molecular weight is 954 g/mol. The van der Waals surface area contributed by atoms with Crippen molar-refractivity contribution in [3.8, 4) is 28.2 Å². The van der Waals surface area contributed by atoms with Crippen LogP contribution >= 0.6 is 12.2 Å². The highest BCUT2D eigenvalue weighted by atomic mass is 32.1. The first-order valence-electron chi connectivity index (χ1n) is 23.9. The van der Waals surface area contributed by atoms with Gasteiger partial charge in [0.25, 0.3) is 0 Å². The highest BCUT2D eigenvalue weighted by molar-refractivity contribution is 7.80. The zero-order chi connectivity index (χ0) is 48.8. The number of nitrogens with one attached hydrogen (secondary N) is 3. The Morgan fingerprint density at radius 3 is 2.43 bits per heavy atom. The van der Waals surface area contributed by atoms with Crippen LogP contribution in [-0.4, -0.2) is 96.2 Å². The van der Waals surface area contributed by atoms with Gasteiger partial charge in [0.15, 0.2) is 17.3 Å². The molecule has 2 aromatic heterocycles. The van der Waals surface area contributed by atoms with Gasteiger partial charge in [0.1, 0.15) is 40.9 Å². The monoisotopic (exact) mass is 953 g/mol. The van der Waals surface area contributed by atoms with Crippen LogP contribution in [-0.2, 0) is 16.6 Å². The second-order valence-electron chi connectivity index (χ2n) is 19.3. The number of aliphatic hydroxyl groups excluding tert-OH is 2. The van der Waals surface area contributed by atoms with Crippen LogP contribution in [0.2, 0.25) is 0 Å². The van der Waals surface area contributed by atoms with Crippen LogP contribution in [0.3, 0.4) is 0 Å². The van der Waals surface area contributed by atoms with E-state index in [4.69, 9.17) is 21.4 Å². The number of thiocarbonyl (C=S) groups is 1. The summed E-state index contributed by atoms with van der Waals surface area (Å²) in [6.45, 7) is 12.9. The zero-order valence-electron chi connectivity index (χ0n) is 39.9. The Morgan fingerprint density at radius 1 is 0.899 bits per heavy atom. The van der Waals surface area contributed by atoms with E-state index in [1.165, 1.54) is 17.7 Å². The number of carbonyl (C=O) groups is 1. The molecule has 4 heterocycles. The summed E-state index contributed by atoms with van der Waals surface area (Å²) in [4.78, 5) is 37.1. The van der Waals surface area contributed by atoms with Crippen LogP contribution in [0.25, 0.3) is 44.6 Å². The zero-order valence-corrected chi connectivity index (χ0v) is 40.8. The van der Waals surface area contributed by atoms with E-state index >= 15 is 0 Å². The molecule has 1 saturated heterocycles. The Hall–Kier alpha value is -6.23. The number of amides is 2. The summed E-state index contributed by atoms with van der Waals surface area (Å²) in [5, 5.41) is 42.7. The van der Waals surface area contributed by atoms with E-state index in [2.05, 4.69) is 89.7 Å². The van der Waals surface area contributed by atoms with Gasteiger partial charge in [0.2, 0.25) is 0 Å². The van der Waals surface area contributed by atoms with E-state index in [0.717, 1.165) is 76.1 Å². The Labute approximate surface area is 408 Å². The molecule has 14 nitrogen and oxygen atoms in total. The van der Waals surface area contributed by atoms with Crippen LogP contribution < -0.4 is 21.4 Å². The number of anilines is 2. The summed E-state index contributed by atoms with van der Waals surface area (Å²) in [7, 11) is 0. The van der Waals surface area contributed by atoms with Crippen molar-refractivity contribution in [2.75, 3.05) is 36.8 Å². The maximum Gasteiger partial charge on any atom is 0.319 e. The predicted octanol–water partition coefficient (Wildman–Crippen LogP) is 9.44. The number of phenols is 1. The number of hydrogen-bond donors (Lipinski definition) is 6. The maximum absolute atomic E-state index is 12.6. The van der Waals surface area contributed by atoms with Gasteiger partial charge in [0, 0.05) is 79.2 Å². The van der Waals surface area contributed by atoms with E-state index in [1.54, 1.807) is 35.3 Å². The number of benzene rings is 4. The number of hydrogen-bond acceptors (Lipinski definition) is 12. The number of ether oxygens (including phenoxy) is 1. The average Bonchev–Trinajstić information content (AvgIpc) is 3.87. The molecule has 362 valence electrons. The Kier molecular flexibility index (Phi) is 15.4. The highest BCUT2D eigenvalue weighted by Crippen LogP contribution is 2.41. The first kappa shape index (κ1) is 49.2. The van der Waals surface area contributed by atoms with Gasteiger partial charge < -0.3 is 40.4 Å². The molecule has 3 aromatic carbocycles. The normalized spacial score (nSPS) is 17.3. The number of carbonyl (C=O) groups excluding carboxylic acids is 1. The fourth-order valence-electron chi connectivity index (χ4n) is 9.00. The summed E-state index contributed by atoms with van der Waals surface area (Å²) in [5.41, 5.74) is 8.22. The fourth-order valence-corrected chi connectivity index (χ4v) is 9.31. The number of imidazole rings is 1. The lowest BCUT2D eigenvalue weighted by Gasteiger charge is -2.30. The lowest BCUT2D eigenvalue weighted by Crippen LogP contribution is -2.44. The summed E-state index contributed by atoms with van der Waals surface area (Å²) in [6, 6.07) is 27.8. The minimum absolute atomic E-state index is 0.0350. The van der Waals surface area contributed by atoms with Crippen molar-refractivity contribution >= 4 is 56.6 Å². The van der Waals surface area contributed by atoms with E-state index in [-0.39, 0.29) is 28.7 Å². The quantitative estimate of drug-likeness (QED) is 0.0257. The van der Waals surface area contributed by atoms with Gasteiger partial charge in [-0.2, -0.15) is 0 Å². The minimum Gasteiger partial charge on any atom is -0.508 e. The summed E-state index contributed by atoms with van der Waals surface area (Å²) in [6.07, 6.45) is 4.59. The van der Waals surface area contributed by atoms with E-state index in [1.807, 2.05) is 36.4 Å². The van der Waals surface area contributed by atoms with Gasteiger partial charge in [-0.3, -0.25) is 14.3 Å². The molecule has 2 aliphatic heterocycles. The number of unbranched alkanes of at least 4 members (excludes halogenated alkanes) is 2. The van der Waals surface area contributed by atoms with Crippen LogP contribution in [0.5, 0.6) is 5.75 Å². The Balaban J connectivity index is 0.778. The van der Waals surface area contributed by atoms with Crippen LogP contribution in [0.15, 0.2) is 113 Å². The summed E-state index contributed by atoms with van der Waals surface area (Å²) >= 11 is 5.82. The van der Waals surface area contributed by atoms with Gasteiger partial charge in [-0.1, -0.05) is 75.8 Å². The van der Waals surface area contributed by atoms with Crippen LogP contribution in [0.4, 0.5) is 16.2 Å². The molecule has 1 fully saturated rings. The fraction of sp³-hybridized carbons (Fsp3) is 0.389. The molecular weight excluding hydrogens is 891 g/mol. The number of aliphatic hydroxyl groups is 2. The number of aromatic hydroxyl groups is 1. The lowest BCUT2D eigenvalue weighted by atomic mass is 9.87. The third kappa shape index (κ3) is 11.8. The van der Waals surface area contributed by atoms with Gasteiger partial charge in [0.05, 0.1) is 12.0 Å². The lowest BCUT2D eigenvalue weighted by molar-refractivity contribution is -0.0468. The number of aromatic nitrogens is 3. The highest BCUT2D eigenvalue weighted by Gasteiger charge is 2.45. The van der Waals surface area contributed by atoms with Gasteiger partial charge in [-0.25, -0.2) is 14.8 Å². The van der Waals surface area contributed by atoms with Crippen molar-refractivity contribution in [1.82, 2.24) is 24.8 Å². The standard InChI is InChI=1S/C54H63N7O7S/c1-33(2)60(27-9-25-57-53(66)59-37-17-15-36(16-18-37)54(3,4)5)31-46-49(64)50(65)52(68-46)61-32-58-48-43(23-26-56-51(48)61)55-24-8-6-7-10-40(69)28-34-11-13-35(14-12-34)47-41-21-19-38(62)29-44(41)67-45-30-39(63)20-22-42(45)47/h11-23,26,29-30,32-33,46,49-50,52,62,64-65H,6-10,24-25,27-28,31H2,1-5H3,(H,55,56)(H2,57,59,66)/t46-,49-,50-,52-/m1/s1. The van der Waals surface area contributed by atoms with Crippen molar-refractivity contribution in [3.05, 3.63) is 125 Å². The van der Waals surface area contributed by atoms with Gasteiger partial charge >= 0.3 is 6.03 Å². The molecule has 6 N–H and O–H groups in total. The summed E-state index contributed by atoms with van der Waals surface area (Å²) < 4.78 is 14.0. The molecule has 0 radical (unpaired) electrons. The largest absolute Gasteiger partial charge is 0.508 e. The molecule has 0 spiro atoms. The number of nitrogens with zero attached hydrogens (tertiary/aromatic N) is 4. The Bertz CT molecular complexity index is 2910. The van der Waals surface area contributed by atoms with E-state index in [0.29, 0.717) is 55.0 Å². The number of urea groups is 1. The molecule has 15 heteroatoms. The third-order valence-electron chi connectivity index (χ3n) is 12.9. The predicted molar refractivity (Wildman–Crippen MR) is 276 cm³/mol. The first-order valence-corrected chi connectivity index (χ1v) is 24.3. The van der Waals surface area contributed by atoms with Crippen molar-refractivity contribution in [2.24, 2.45) is 0 Å². The van der Waals surface area contributed by atoms with Crippen molar-refractivity contribution in [3.63, 3.8) is 0 Å². The van der Waals surface area contributed by atoms with Crippen LogP contribution in [0, 0.1) is 0 Å². The molecule has 8 rings (SSSR count). The molecule has 0 saturated carbocycles. The minimum atomic E-state index is -1.19. The SMILES string of the molecule is CC(C)N(CCCNC(=O)Nc1ccc(C(C)(C)C)cc1)C[C@H]1O[C@@H](n2cnc3c(NCCCCCC(=S)Cc4ccc(-c5c6ccc(=O)cc-6oc6cc(O)ccc56)cc4)ccnc32)[C@H](O)[C@@H]1O. The maximum atomic E-state index is 12.6.